The number of hydrogen-bond acceptors (Lipinski definition) is 3. The predicted molar refractivity (Wildman–Crippen MR) is 96.3 cm³/mol. The molecule has 0 saturated heterocycles. The maximum atomic E-state index is 12.8. The standard InChI is InChI=1S/C19H18N2O3S/c1-25(23,24)14-8-6-13(7-9-14)19(22)21-11-10-18-16(12-21)15-4-2-3-5-17(15)20-18/h2-9,20H,10-12H2,1H3. The summed E-state index contributed by atoms with van der Waals surface area (Å²) in [6.07, 6.45) is 1.95. The molecule has 0 bridgehead atoms. The minimum atomic E-state index is -3.26. The SMILES string of the molecule is CS(=O)(=O)c1ccc(C(=O)N2CCc3[nH]c4ccccc4c3C2)cc1. The van der Waals surface area contributed by atoms with Crippen LogP contribution in [0.1, 0.15) is 21.6 Å². The summed E-state index contributed by atoms with van der Waals surface area (Å²) in [6.45, 7) is 1.21. The highest BCUT2D eigenvalue weighted by Crippen LogP contribution is 2.28. The van der Waals surface area contributed by atoms with E-state index in [-0.39, 0.29) is 10.8 Å². The van der Waals surface area contributed by atoms with Gasteiger partial charge in [0, 0.05) is 53.5 Å². The molecule has 0 atom stereocenters. The molecule has 1 aromatic heterocycles. The molecule has 3 aromatic rings. The van der Waals surface area contributed by atoms with E-state index < -0.39 is 9.84 Å². The molecule has 4 rings (SSSR count). The minimum Gasteiger partial charge on any atom is -0.358 e. The summed E-state index contributed by atoms with van der Waals surface area (Å²) in [6, 6.07) is 14.3. The Balaban J connectivity index is 1.62. The van der Waals surface area contributed by atoms with E-state index in [2.05, 4.69) is 11.1 Å². The fourth-order valence-corrected chi connectivity index (χ4v) is 4.00. The van der Waals surface area contributed by atoms with Crippen LogP contribution in [0.5, 0.6) is 0 Å². The van der Waals surface area contributed by atoms with Gasteiger partial charge in [0.25, 0.3) is 5.91 Å². The smallest absolute Gasteiger partial charge is 0.254 e. The molecule has 0 saturated carbocycles. The van der Waals surface area contributed by atoms with Crippen LogP contribution in [0.2, 0.25) is 0 Å². The quantitative estimate of drug-likeness (QED) is 0.769. The van der Waals surface area contributed by atoms with E-state index in [1.54, 1.807) is 12.1 Å². The number of rotatable bonds is 2. The molecule has 0 radical (unpaired) electrons. The molecule has 1 N–H and O–H groups in total. The van der Waals surface area contributed by atoms with E-state index in [1.807, 2.05) is 23.1 Å². The molecule has 25 heavy (non-hydrogen) atoms. The molecule has 0 fully saturated rings. The lowest BCUT2D eigenvalue weighted by Crippen LogP contribution is -2.35. The van der Waals surface area contributed by atoms with Crippen LogP contribution >= 0.6 is 0 Å². The molecule has 1 aliphatic rings. The van der Waals surface area contributed by atoms with Gasteiger partial charge in [-0.15, -0.1) is 0 Å². The van der Waals surface area contributed by atoms with E-state index in [0.29, 0.717) is 18.7 Å². The molecule has 2 heterocycles. The van der Waals surface area contributed by atoms with Crippen LogP contribution in [0.3, 0.4) is 0 Å². The first-order chi connectivity index (χ1) is 11.9. The van der Waals surface area contributed by atoms with Crippen molar-refractivity contribution in [1.29, 1.82) is 0 Å². The van der Waals surface area contributed by atoms with Gasteiger partial charge in [-0.3, -0.25) is 4.79 Å². The number of aromatic amines is 1. The van der Waals surface area contributed by atoms with Gasteiger partial charge >= 0.3 is 0 Å². The van der Waals surface area contributed by atoms with Gasteiger partial charge < -0.3 is 9.88 Å². The van der Waals surface area contributed by atoms with Crippen molar-refractivity contribution >= 4 is 26.6 Å². The van der Waals surface area contributed by atoms with Crippen LogP contribution in [0.15, 0.2) is 53.4 Å². The van der Waals surface area contributed by atoms with Gasteiger partial charge in [0.05, 0.1) is 4.90 Å². The van der Waals surface area contributed by atoms with Gasteiger partial charge in [-0.2, -0.15) is 0 Å². The summed E-state index contributed by atoms with van der Waals surface area (Å²) in [5.41, 5.74) is 3.97. The zero-order valence-electron chi connectivity index (χ0n) is 13.8. The van der Waals surface area contributed by atoms with Crippen molar-refractivity contribution in [2.24, 2.45) is 0 Å². The molecule has 1 amide bonds. The summed E-state index contributed by atoms with van der Waals surface area (Å²) in [5, 5.41) is 1.16. The zero-order chi connectivity index (χ0) is 17.6. The molecule has 5 nitrogen and oxygen atoms in total. The number of sulfone groups is 1. The summed E-state index contributed by atoms with van der Waals surface area (Å²) in [5.74, 6) is -0.0732. The summed E-state index contributed by atoms with van der Waals surface area (Å²) >= 11 is 0. The van der Waals surface area contributed by atoms with Crippen LogP contribution in [0, 0.1) is 0 Å². The Morgan fingerprint density at radius 2 is 1.80 bits per heavy atom. The number of nitrogens with one attached hydrogen (secondary N) is 1. The summed E-state index contributed by atoms with van der Waals surface area (Å²) in [4.78, 5) is 18.3. The summed E-state index contributed by atoms with van der Waals surface area (Å²) < 4.78 is 23.1. The average Bonchev–Trinajstić information content (AvgIpc) is 2.98. The number of nitrogens with zero attached hydrogens (tertiary/aromatic N) is 1. The van der Waals surface area contributed by atoms with Crippen LogP contribution in [-0.4, -0.2) is 37.0 Å². The van der Waals surface area contributed by atoms with E-state index in [4.69, 9.17) is 0 Å². The maximum absolute atomic E-state index is 12.8. The Hall–Kier alpha value is -2.60. The molecule has 0 aliphatic carbocycles. The minimum absolute atomic E-state index is 0.0732. The van der Waals surface area contributed by atoms with Gasteiger partial charge in [0.2, 0.25) is 0 Å². The van der Waals surface area contributed by atoms with Crippen LogP contribution in [-0.2, 0) is 22.8 Å². The first kappa shape index (κ1) is 15.9. The number of carbonyl (C=O) groups is 1. The van der Waals surface area contributed by atoms with E-state index >= 15 is 0 Å². The maximum Gasteiger partial charge on any atom is 0.254 e. The van der Waals surface area contributed by atoms with Crippen LogP contribution in [0.4, 0.5) is 0 Å². The highest BCUT2D eigenvalue weighted by molar-refractivity contribution is 7.90. The van der Waals surface area contributed by atoms with E-state index in [9.17, 15) is 13.2 Å². The predicted octanol–water partition coefficient (Wildman–Crippen LogP) is 2.77. The molecular weight excluding hydrogens is 336 g/mol. The molecular formula is C19H18N2O3S. The molecule has 128 valence electrons. The van der Waals surface area contributed by atoms with E-state index in [1.165, 1.54) is 23.4 Å². The first-order valence-corrected chi connectivity index (χ1v) is 10.0. The third-order valence-electron chi connectivity index (χ3n) is 4.70. The normalized spacial score (nSPS) is 14.5. The largest absolute Gasteiger partial charge is 0.358 e. The highest BCUT2D eigenvalue weighted by Gasteiger charge is 2.24. The van der Waals surface area contributed by atoms with Gasteiger partial charge in [-0.25, -0.2) is 8.42 Å². The summed E-state index contributed by atoms with van der Waals surface area (Å²) in [7, 11) is -3.26. The lowest BCUT2D eigenvalue weighted by Gasteiger charge is -2.27. The van der Waals surface area contributed by atoms with Gasteiger partial charge in [0.15, 0.2) is 9.84 Å². The van der Waals surface area contributed by atoms with Gasteiger partial charge in [-0.05, 0) is 30.3 Å². The number of benzene rings is 2. The van der Waals surface area contributed by atoms with Crippen molar-refractivity contribution in [3.8, 4) is 0 Å². The van der Waals surface area contributed by atoms with E-state index in [0.717, 1.165) is 23.6 Å². The number of fused-ring (bicyclic) bond motifs is 3. The van der Waals surface area contributed by atoms with Gasteiger partial charge in [-0.1, -0.05) is 18.2 Å². The van der Waals surface area contributed by atoms with Gasteiger partial charge in [0.1, 0.15) is 0 Å². The van der Waals surface area contributed by atoms with Crippen molar-refractivity contribution in [2.45, 2.75) is 17.9 Å². The molecule has 0 unspecified atom stereocenters. The Morgan fingerprint density at radius 1 is 1.08 bits per heavy atom. The number of H-pyrrole nitrogens is 1. The molecule has 2 aromatic carbocycles. The van der Waals surface area contributed by atoms with Crippen molar-refractivity contribution in [3.05, 3.63) is 65.4 Å². The molecule has 6 heteroatoms. The first-order valence-electron chi connectivity index (χ1n) is 8.11. The lowest BCUT2D eigenvalue weighted by molar-refractivity contribution is 0.0735. The van der Waals surface area contributed by atoms with Crippen LogP contribution < -0.4 is 0 Å². The Kier molecular flexibility index (Phi) is 3.65. The second kappa shape index (κ2) is 5.74. The number of carbonyl (C=O) groups excluding carboxylic acids is 1. The second-order valence-corrected chi connectivity index (χ2v) is 8.42. The molecule has 0 spiro atoms. The fraction of sp³-hybridized carbons (Fsp3) is 0.211. The fourth-order valence-electron chi connectivity index (χ4n) is 3.37. The number of aromatic nitrogens is 1. The Labute approximate surface area is 146 Å². The number of hydrogen-bond donors (Lipinski definition) is 1. The topological polar surface area (TPSA) is 70.2 Å². The average molecular weight is 354 g/mol. The monoisotopic (exact) mass is 354 g/mol. The van der Waals surface area contributed by atoms with Crippen molar-refractivity contribution < 1.29 is 13.2 Å². The third-order valence-corrected chi connectivity index (χ3v) is 5.83. The highest BCUT2D eigenvalue weighted by atomic mass is 32.2. The Morgan fingerprint density at radius 3 is 2.52 bits per heavy atom. The zero-order valence-corrected chi connectivity index (χ0v) is 14.6. The second-order valence-electron chi connectivity index (χ2n) is 6.40. The van der Waals surface area contributed by atoms with Crippen molar-refractivity contribution in [2.75, 3.05) is 12.8 Å². The third kappa shape index (κ3) is 2.82. The molecule has 1 aliphatic heterocycles. The van der Waals surface area contributed by atoms with Crippen molar-refractivity contribution in [1.82, 2.24) is 9.88 Å². The van der Waals surface area contributed by atoms with Crippen LogP contribution in [0.25, 0.3) is 10.9 Å². The number of amides is 1. The van der Waals surface area contributed by atoms with Crippen molar-refractivity contribution in [3.63, 3.8) is 0 Å². The number of para-hydroxylation sites is 1. The lowest BCUT2D eigenvalue weighted by atomic mass is 10.0. The Bertz CT molecular complexity index is 1070.